The maximum atomic E-state index is 4.43. The van der Waals surface area contributed by atoms with Crippen LogP contribution in [0.2, 0.25) is 0 Å². The van der Waals surface area contributed by atoms with Crippen molar-refractivity contribution in [3.63, 3.8) is 0 Å². The van der Waals surface area contributed by atoms with Crippen LogP contribution in [-0.2, 0) is 6.42 Å². The Morgan fingerprint density at radius 2 is 1.84 bits per heavy atom. The Kier molecular flexibility index (Phi) is 7.23. The van der Waals surface area contributed by atoms with Crippen molar-refractivity contribution in [1.29, 1.82) is 0 Å². The molecule has 1 rings (SSSR count). The molecule has 108 valence electrons. The fraction of sp³-hybridized carbons (Fsp3) is 0.733. The first-order valence-electron chi connectivity index (χ1n) is 7.57. The maximum absolute atomic E-state index is 4.43. The third-order valence-electron chi connectivity index (χ3n) is 3.16. The Labute approximate surface area is 117 Å². The third-order valence-corrected chi connectivity index (χ3v) is 3.16. The van der Waals surface area contributed by atoms with Gasteiger partial charge in [-0.3, -0.25) is 0 Å². The van der Waals surface area contributed by atoms with E-state index in [0.29, 0.717) is 6.04 Å². The van der Waals surface area contributed by atoms with Gasteiger partial charge in [0.05, 0.1) is 0 Å². The van der Waals surface area contributed by atoms with E-state index in [4.69, 9.17) is 0 Å². The molecule has 1 unspecified atom stereocenters. The normalized spacial score (nSPS) is 12.2. The number of hydrogen-bond acceptors (Lipinski definition) is 4. The number of nitrogens with zero attached hydrogens (tertiary/aromatic N) is 2. The lowest BCUT2D eigenvalue weighted by atomic mass is 10.1. The van der Waals surface area contributed by atoms with Gasteiger partial charge in [-0.15, -0.1) is 0 Å². The van der Waals surface area contributed by atoms with Gasteiger partial charge in [-0.1, -0.05) is 33.1 Å². The van der Waals surface area contributed by atoms with Gasteiger partial charge in [-0.2, -0.15) is 0 Å². The van der Waals surface area contributed by atoms with Gasteiger partial charge >= 0.3 is 0 Å². The summed E-state index contributed by atoms with van der Waals surface area (Å²) in [6.45, 7) is 9.62. The third kappa shape index (κ3) is 5.05. The van der Waals surface area contributed by atoms with Crippen LogP contribution in [0.5, 0.6) is 0 Å². The minimum Gasteiger partial charge on any atom is -0.370 e. The predicted octanol–water partition coefficient (Wildman–Crippen LogP) is 3.85. The SMILES string of the molecule is CCCCC(C)Nc1ncnc(NCC)c1CCC. The summed E-state index contributed by atoms with van der Waals surface area (Å²) in [4.78, 5) is 8.78. The number of nitrogens with one attached hydrogen (secondary N) is 2. The van der Waals surface area contributed by atoms with Crippen LogP contribution < -0.4 is 10.6 Å². The first kappa shape index (κ1) is 15.7. The average Bonchev–Trinajstić information content (AvgIpc) is 2.40. The molecule has 0 aromatic carbocycles. The van der Waals surface area contributed by atoms with Gasteiger partial charge in [0.15, 0.2) is 0 Å². The number of hydrogen-bond donors (Lipinski definition) is 2. The minimum absolute atomic E-state index is 0.458. The number of rotatable bonds is 9. The average molecular weight is 264 g/mol. The van der Waals surface area contributed by atoms with Crippen molar-refractivity contribution in [1.82, 2.24) is 9.97 Å². The number of unbranched alkanes of at least 4 members (excludes halogenated alkanes) is 1. The van der Waals surface area contributed by atoms with Crippen LogP contribution in [0.15, 0.2) is 6.33 Å². The van der Waals surface area contributed by atoms with Gasteiger partial charge < -0.3 is 10.6 Å². The number of anilines is 2. The van der Waals surface area contributed by atoms with Crippen molar-refractivity contribution in [2.24, 2.45) is 0 Å². The van der Waals surface area contributed by atoms with Crippen LogP contribution in [-0.4, -0.2) is 22.6 Å². The fourth-order valence-corrected chi connectivity index (χ4v) is 2.16. The van der Waals surface area contributed by atoms with Gasteiger partial charge in [0.2, 0.25) is 0 Å². The summed E-state index contributed by atoms with van der Waals surface area (Å²) in [5.74, 6) is 1.97. The standard InChI is InChI=1S/C15H28N4/c1-5-8-10-12(4)19-15-13(9-6-2)14(16-7-3)17-11-18-15/h11-12H,5-10H2,1-4H3,(H2,16,17,18,19). The van der Waals surface area contributed by atoms with E-state index >= 15 is 0 Å². The van der Waals surface area contributed by atoms with E-state index in [2.05, 4.69) is 48.3 Å². The zero-order valence-corrected chi connectivity index (χ0v) is 12.8. The largest absolute Gasteiger partial charge is 0.370 e. The molecule has 0 spiro atoms. The van der Waals surface area contributed by atoms with Crippen LogP contribution in [0.3, 0.4) is 0 Å². The maximum Gasteiger partial charge on any atom is 0.134 e. The molecule has 0 fully saturated rings. The van der Waals surface area contributed by atoms with Crippen molar-refractivity contribution >= 4 is 11.6 Å². The van der Waals surface area contributed by atoms with E-state index in [1.54, 1.807) is 6.33 Å². The highest BCUT2D eigenvalue weighted by Crippen LogP contribution is 2.22. The highest BCUT2D eigenvalue weighted by Gasteiger charge is 2.12. The lowest BCUT2D eigenvalue weighted by Gasteiger charge is -2.18. The van der Waals surface area contributed by atoms with Crippen LogP contribution in [0.25, 0.3) is 0 Å². The lowest BCUT2D eigenvalue weighted by Crippen LogP contribution is -2.18. The summed E-state index contributed by atoms with van der Waals surface area (Å²) >= 11 is 0. The molecule has 0 bridgehead atoms. The number of aromatic nitrogens is 2. The first-order valence-corrected chi connectivity index (χ1v) is 7.57. The quantitative estimate of drug-likeness (QED) is 0.711. The van der Waals surface area contributed by atoms with Crippen molar-refractivity contribution in [2.45, 2.75) is 65.8 Å². The molecule has 0 saturated carbocycles. The summed E-state index contributed by atoms with van der Waals surface area (Å²) in [6.07, 6.45) is 7.42. The highest BCUT2D eigenvalue weighted by atomic mass is 15.1. The zero-order chi connectivity index (χ0) is 14.1. The summed E-state index contributed by atoms with van der Waals surface area (Å²) in [5.41, 5.74) is 1.22. The van der Waals surface area contributed by atoms with E-state index in [0.717, 1.165) is 31.0 Å². The topological polar surface area (TPSA) is 49.8 Å². The zero-order valence-electron chi connectivity index (χ0n) is 12.8. The molecule has 1 heterocycles. The minimum atomic E-state index is 0.458. The molecule has 4 nitrogen and oxygen atoms in total. The van der Waals surface area contributed by atoms with E-state index in [-0.39, 0.29) is 0 Å². The monoisotopic (exact) mass is 264 g/mol. The van der Waals surface area contributed by atoms with Gasteiger partial charge in [0, 0.05) is 18.2 Å². The highest BCUT2D eigenvalue weighted by molar-refractivity contribution is 5.57. The van der Waals surface area contributed by atoms with E-state index in [1.165, 1.54) is 24.8 Å². The molecule has 4 heteroatoms. The van der Waals surface area contributed by atoms with Crippen LogP contribution in [0.1, 0.15) is 58.9 Å². The molecule has 0 radical (unpaired) electrons. The van der Waals surface area contributed by atoms with Gasteiger partial charge in [-0.05, 0) is 26.7 Å². The molecule has 19 heavy (non-hydrogen) atoms. The van der Waals surface area contributed by atoms with Crippen LogP contribution >= 0.6 is 0 Å². The molecule has 0 aliphatic heterocycles. The van der Waals surface area contributed by atoms with E-state index in [1.807, 2.05) is 0 Å². The molecule has 1 aromatic rings. The Balaban J connectivity index is 2.82. The summed E-state index contributed by atoms with van der Waals surface area (Å²) in [5, 5.41) is 6.86. The van der Waals surface area contributed by atoms with Crippen molar-refractivity contribution in [3.05, 3.63) is 11.9 Å². The Bertz CT molecular complexity index is 365. The Hall–Kier alpha value is -1.32. The van der Waals surface area contributed by atoms with Crippen molar-refractivity contribution in [2.75, 3.05) is 17.2 Å². The molecule has 0 saturated heterocycles. The summed E-state index contributed by atoms with van der Waals surface area (Å²) in [6, 6.07) is 0.458. The summed E-state index contributed by atoms with van der Waals surface area (Å²) in [7, 11) is 0. The molecule has 1 aromatic heterocycles. The lowest BCUT2D eigenvalue weighted by molar-refractivity contribution is 0.642. The molecule has 0 aliphatic rings. The molecule has 0 amide bonds. The van der Waals surface area contributed by atoms with Crippen LogP contribution in [0, 0.1) is 0 Å². The second-order valence-electron chi connectivity index (χ2n) is 5.02. The second kappa shape index (κ2) is 8.73. The second-order valence-corrected chi connectivity index (χ2v) is 5.02. The van der Waals surface area contributed by atoms with E-state index < -0.39 is 0 Å². The van der Waals surface area contributed by atoms with Gasteiger partial charge in [-0.25, -0.2) is 9.97 Å². The Morgan fingerprint density at radius 1 is 1.11 bits per heavy atom. The first-order chi connectivity index (χ1) is 9.22. The van der Waals surface area contributed by atoms with Crippen molar-refractivity contribution in [3.8, 4) is 0 Å². The fourth-order valence-electron chi connectivity index (χ4n) is 2.16. The van der Waals surface area contributed by atoms with Gasteiger partial charge in [0.1, 0.15) is 18.0 Å². The molecular weight excluding hydrogens is 236 g/mol. The molecule has 1 atom stereocenters. The smallest absolute Gasteiger partial charge is 0.134 e. The molecule has 2 N–H and O–H groups in total. The Morgan fingerprint density at radius 3 is 2.47 bits per heavy atom. The van der Waals surface area contributed by atoms with E-state index in [9.17, 15) is 0 Å². The summed E-state index contributed by atoms with van der Waals surface area (Å²) < 4.78 is 0. The van der Waals surface area contributed by atoms with Crippen molar-refractivity contribution < 1.29 is 0 Å². The predicted molar refractivity (Wildman–Crippen MR) is 82.8 cm³/mol. The molecular formula is C15H28N4. The van der Waals surface area contributed by atoms with Gasteiger partial charge in [0.25, 0.3) is 0 Å². The molecule has 0 aliphatic carbocycles. The van der Waals surface area contributed by atoms with Crippen LogP contribution in [0.4, 0.5) is 11.6 Å².